The average Bonchev–Trinajstić information content (AvgIpc) is 2.22. The molecular formula is C12H20N2. The number of nitrogens with two attached hydrogens (primary N) is 1. The van der Waals surface area contributed by atoms with Crippen LogP contribution in [0.1, 0.15) is 25.0 Å². The lowest BCUT2D eigenvalue weighted by Crippen LogP contribution is -2.27. The Balaban J connectivity index is 0.000000461. The van der Waals surface area contributed by atoms with Gasteiger partial charge in [-0.1, -0.05) is 26.0 Å². The van der Waals surface area contributed by atoms with E-state index in [2.05, 4.69) is 18.0 Å². The van der Waals surface area contributed by atoms with E-state index < -0.39 is 0 Å². The Morgan fingerprint density at radius 2 is 2.00 bits per heavy atom. The van der Waals surface area contributed by atoms with Crippen LogP contribution in [-0.4, -0.2) is 18.5 Å². The number of benzene rings is 1. The third-order valence-electron chi connectivity index (χ3n) is 2.50. The number of hydrogen-bond donors (Lipinski definition) is 1. The third kappa shape index (κ3) is 2.26. The fourth-order valence-electron chi connectivity index (χ4n) is 1.74. The van der Waals surface area contributed by atoms with E-state index in [0.717, 1.165) is 25.2 Å². The lowest BCUT2D eigenvalue weighted by molar-refractivity contribution is 0.313. The highest BCUT2D eigenvalue weighted by Crippen LogP contribution is 2.22. The highest BCUT2D eigenvalue weighted by atomic mass is 15.1. The maximum absolute atomic E-state index is 5.88. The van der Waals surface area contributed by atoms with E-state index in [-0.39, 0.29) is 0 Å². The molecular weight excluding hydrogens is 172 g/mol. The molecule has 1 aromatic carbocycles. The van der Waals surface area contributed by atoms with Gasteiger partial charge < -0.3 is 10.6 Å². The summed E-state index contributed by atoms with van der Waals surface area (Å²) in [7, 11) is 2.13. The van der Waals surface area contributed by atoms with Crippen molar-refractivity contribution in [3.63, 3.8) is 0 Å². The van der Waals surface area contributed by atoms with Gasteiger partial charge >= 0.3 is 0 Å². The van der Waals surface area contributed by atoms with Gasteiger partial charge in [0.1, 0.15) is 0 Å². The zero-order chi connectivity index (χ0) is 10.6. The molecule has 2 heteroatoms. The highest BCUT2D eigenvalue weighted by molar-refractivity contribution is 5.51. The Morgan fingerprint density at radius 3 is 2.71 bits per heavy atom. The van der Waals surface area contributed by atoms with Crippen molar-refractivity contribution in [3.8, 4) is 0 Å². The van der Waals surface area contributed by atoms with E-state index in [4.69, 9.17) is 5.73 Å². The second-order valence-corrected chi connectivity index (χ2v) is 3.47. The van der Waals surface area contributed by atoms with Crippen molar-refractivity contribution < 1.29 is 0 Å². The molecule has 0 unspecified atom stereocenters. The second-order valence-electron chi connectivity index (χ2n) is 3.47. The number of nitrogens with zero attached hydrogens (tertiary/aromatic N) is 1. The summed E-state index contributed by atoms with van der Waals surface area (Å²) < 4.78 is 0. The van der Waals surface area contributed by atoms with Crippen LogP contribution in [0, 0.1) is 0 Å². The van der Waals surface area contributed by atoms with Gasteiger partial charge in [0.15, 0.2) is 0 Å². The summed E-state index contributed by atoms with van der Waals surface area (Å²) in [5.41, 5.74) is 9.57. The van der Waals surface area contributed by atoms with Crippen molar-refractivity contribution >= 4 is 5.69 Å². The number of fused-ring (bicyclic) bond motifs is 1. The zero-order valence-electron chi connectivity index (χ0n) is 9.38. The minimum absolute atomic E-state index is 0.944. The van der Waals surface area contributed by atoms with Crippen LogP contribution in [-0.2, 0) is 13.0 Å². The van der Waals surface area contributed by atoms with Gasteiger partial charge in [-0.05, 0) is 30.7 Å². The predicted molar refractivity (Wildman–Crippen MR) is 62.2 cm³/mol. The maximum Gasteiger partial charge on any atom is 0.0362 e. The average molecular weight is 192 g/mol. The van der Waals surface area contributed by atoms with Crippen molar-refractivity contribution in [1.29, 1.82) is 0 Å². The highest BCUT2D eigenvalue weighted by Gasteiger charge is 2.14. The van der Waals surface area contributed by atoms with Gasteiger partial charge in [0.05, 0.1) is 0 Å². The molecule has 0 amide bonds. The van der Waals surface area contributed by atoms with Crippen molar-refractivity contribution in [3.05, 3.63) is 29.3 Å². The number of likely N-dealkylation sites (N-methyl/N-ethyl adjacent to an activating group) is 1. The van der Waals surface area contributed by atoms with Crippen LogP contribution in [0.5, 0.6) is 0 Å². The predicted octanol–water partition coefficient (Wildman–Crippen LogP) is 2.28. The Kier molecular flexibility index (Phi) is 3.96. The fraction of sp³-hybridized carbons (Fsp3) is 0.500. The molecule has 0 fully saturated rings. The molecule has 14 heavy (non-hydrogen) atoms. The molecule has 78 valence electrons. The molecule has 2 rings (SSSR count). The first-order valence-electron chi connectivity index (χ1n) is 5.32. The molecule has 0 saturated heterocycles. The summed E-state index contributed by atoms with van der Waals surface area (Å²) in [6.45, 7) is 6.15. The van der Waals surface area contributed by atoms with Gasteiger partial charge in [0, 0.05) is 18.8 Å². The maximum atomic E-state index is 5.88. The van der Waals surface area contributed by atoms with Crippen molar-refractivity contribution in [2.24, 2.45) is 0 Å². The Bertz CT molecular complexity index is 294. The molecule has 0 saturated carbocycles. The summed E-state index contributed by atoms with van der Waals surface area (Å²) in [5.74, 6) is 0. The molecule has 0 aromatic heterocycles. The number of rotatable bonds is 0. The zero-order valence-corrected chi connectivity index (χ0v) is 9.38. The van der Waals surface area contributed by atoms with Gasteiger partial charge in [-0.15, -0.1) is 0 Å². The normalized spacial score (nSPS) is 15.4. The largest absolute Gasteiger partial charge is 0.398 e. The molecule has 2 nitrogen and oxygen atoms in total. The first-order chi connectivity index (χ1) is 6.77. The molecule has 0 radical (unpaired) electrons. The van der Waals surface area contributed by atoms with Crippen LogP contribution in [0.2, 0.25) is 0 Å². The lowest BCUT2D eigenvalue weighted by Gasteiger charge is -2.25. The van der Waals surface area contributed by atoms with Crippen LogP contribution in [0.4, 0.5) is 5.69 Å². The molecule has 0 spiro atoms. The van der Waals surface area contributed by atoms with Crippen molar-refractivity contribution in [2.75, 3.05) is 19.3 Å². The van der Waals surface area contributed by atoms with Crippen LogP contribution in [0.25, 0.3) is 0 Å². The van der Waals surface area contributed by atoms with E-state index >= 15 is 0 Å². The molecule has 0 aliphatic carbocycles. The van der Waals surface area contributed by atoms with Gasteiger partial charge in [0.2, 0.25) is 0 Å². The fourth-order valence-corrected chi connectivity index (χ4v) is 1.74. The molecule has 1 heterocycles. The lowest BCUT2D eigenvalue weighted by atomic mass is 9.99. The summed E-state index contributed by atoms with van der Waals surface area (Å²) in [6.07, 6.45) is 1.14. The number of hydrogen-bond acceptors (Lipinski definition) is 2. The van der Waals surface area contributed by atoms with Gasteiger partial charge in [-0.2, -0.15) is 0 Å². The summed E-state index contributed by atoms with van der Waals surface area (Å²) in [4.78, 5) is 2.30. The van der Waals surface area contributed by atoms with Crippen molar-refractivity contribution in [1.82, 2.24) is 4.90 Å². The summed E-state index contributed by atoms with van der Waals surface area (Å²) >= 11 is 0. The van der Waals surface area contributed by atoms with Crippen molar-refractivity contribution in [2.45, 2.75) is 26.8 Å². The van der Waals surface area contributed by atoms with Crippen LogP contribution >= 0.6 is 0 Å². The van der Waals surface area contributed by atoms with Gasteiger partial charge in [-0.25, -0.2) is 0 Å². The minimum Gasteiger partial charge on any atom is -0.398 e. The van der Waals surface area contributed by atoms with E-state index in [1.54, 1.807) is 0 Å². The molecule has 0 atom stereocenters. The molecule has 1 aromatic rings. The minimum atomic E-state index is 0.944. The SMILES string of the molecule is CC.CN1CCc2cccc(N)c2C1. The first kappa shape index (κ1) is 11.1. The summed E-state index contributed by atoms with van der Waals surface area (Å²) in [5, 5.41) is 0. The standard InChI is InChI=1S/C10H14N2.C2H6/c1-12-6-5-8-3-2-4-10(11)9(8)7-12;1-2/h2-4H,5-7,11H2,1H3;1-2H3. The summed E-state index contributed by atoms with van der Waals surface area (Å²) in [6, 6.07) is 6.20. The smallest absolute Gasteiger partial charge is 0.0362 e. The quantitative estimate of drug-likeness (QED) is 0.639. The Morgan fingerprint density at radius 1 is 1.29 bits per heavy atom. The first-order valence-corrected chi connectivity index (χ1v) is 5.32. The molecule has 1 aliphatic heterocycles. The van der Waals surface area contributed by atoms with E-state index in [0.29, 0.717) is 0 Å². The number of nitrogen functional groups attached to an aromatic ring is 1. The van der Waals surface area contributed by atoms with Crippen LogP contribution < -0.4 is 5.73 Å². The Labute approximate surface area is 86.7 Å². The topological polar surface area (TPSA) is 29.3 Å². The Hall–Kier alpha value is -1.02. The number of anilines is 1. The van der Waals surface area contributed by atoms with Gasteiger partial charge in [0.25, 0.3) is 0 Å². The third-order valence-corrected chi connectivity index (χ3v) is 2.50. The van der Waals surface area contributed by atoms with E-state index in [9.17, 15) is 0 Å². The molecule has 1 aliphatic rings. The van der Waals surface area contributed by atoms with Crippen LogP contribution in [0.15, 0.2) is 18.2 Å². The van der Waals surface area contributed by atoms with Crippen LogP contribution in [0.3, 0.4) is 0 Å². The van der Waals surface area contributed by atoms with E-state index in [1.165, 1.54) is 11.1 Å². The van der Waals surface area contributed by atoms with E-state index in [1.807, 2.05) is 26.0 Å². The molecule has 0 bridgehead atoms. The second kappa shape index (κ2) is 5.01. The van der Waals surface area contributed by atoms with Gasteiger partial charge in [-0.3, -0.25) is 0 Å². The molecule has 2 N–H and O–H groups in total. The monoisotopic (exact) mass is 192 g/mol.